The minimum absolute atomic E-state index is 0.833. The van der Waals surface area contributed by atoms with Gasteiger partial charge in [0.2, 0.25) is 0 Å². The first-order valence-electron chi connectivity index (χ1n) is 2.48. The molecule has 1 aromatic rings. The van der Waals surface area contributed by atoms with Crippen molar-refractivity contribution in [3.05, 3.63) is 19.0 Å². The largest absolute Gasteiger partial charge is 0.481 e. The number of aromatic nitrogens is 3. The molecule has 0 aromatic carbocycles. The fourth-order valence-corrected chi connectivity index (χ4v) is 0.205. The Kier molecular flexibility index (Phi) is 4.76. The maximum atomic E-state index is 9.00. The summed E-state index contributed by atoms with van der Waals surface area (Å²) < 4.78 is 0. The van der Waals surface area contributed by atoms with E-state index in [1.807, 2.05) is 0 Å². The van der Waals surface area contributed by atoms with Crippen LogP contribution in [0.1, 0.15) is 6.92 Å². The highest BCUT2D eigenvalue weighted by Gasteiger charge is 1.65. The van der Waals surface area contributed by atoms with Crippen molar-refractivity contribution in [2.24, 2.45) is 0 Å². The van der Waals surface area contributed by atoms with Crippen LogP contribution in [-0.4, -0.2) is 26.0 Å². The van der Waals surface area contributed by atoms with Crippen molar-refractivity contribution in [1.29, 1.82) is 0 Å². The molecule has 1 N–H and O–H groups in total. The molecule has 0 radical (unpaired) electrons. The topological polar surface area (TPSA) is 76.0 Å². The summed E-state index contributed by atoms with van der Waals surface area (Å²) in [6.45, 7) is 1.08. The Morgan fingerprint density at radius 1 is 1.20 bits per heavy atom. The van der Waals surface area contributed by atoms with E-state index in [0.29, 0.717) is 0 Å². The number of nitrogens with zero attached hydrogens (tertiary/aromatic N) is 3. The molecule has 0 spiro atoms. The molecule has 0 atom stereocenters. The third-order valence-corrected chi connectivity index (χ3v) is 0.400. The highest BCUT2D eigenvalue weighted by Crippen LogP contribution is 1.57. The van der Waals surface area contributed by atoms with Crippen molar-refractivity contribution in [1.82, 2.24) is 15.0 Å². The molecule has 0 aliphatic heterocycles. The van der Waals surface area contributed by atoms with Crippen LogP contribution in [0.15, 0.2) is 19.0 Å². The first-order chi connectivity index (χ1) is 4.73. The molecule has 5 heteroatoms. The third-order valence-electron chi connectivity index (χ3n) is 0.400. The van der Waals surface area contributed by atoms with Gasteiger partial charge < -0.3 is 5.11 Å². The summed E-state index contributed by atoms with van der Waals surface area (Å²) in [5.74, 6) is -0.833. The van der Waals surface area contributed by atoms with Crippen molar-refractivity contribution >= 4 is 5.97 Å². The zero-order valence-electron chi connectivity index (χ0n) is 5.43. The highest BCUT2D eigenvalue weighted by atomic mass is 16.4. The third kappa shape index (κ3) is 9.70. The molecule has 0 fully saturated rings. The van der Waals surface area contributed by atoms with Crippen LogP contribution < -0.4 is 0 Å². The van der Waals surface area contributed by atoms with Gasteiger partial charge in [0.25, 0.3) is 5.97 Å². The Bertz CT molecular complexity index is 147. The minimum Gasteiger partial charge on any atom is -0.481 e. The minimum atomic E-state index is -0.833. The van der Waals surface area contributed by atoms with Gasteiger partial charge in [-0.15, -0.1) is 0 Å². The lowest BCUT2D eigenvalue weighted by atomic mass is 10.9. The van der Waals surface area contributed by atoms with Gasteiger partial charge in [0.05, 0.1) is 0 Å². The van der Waals surface area contributed by atoms with Crippen LogP contribution in [0.25, 0.3) is 0 Å². The first-order valence-corrected chi connectivity index (χ1v) is 2.48. The van der Waals surface area contributed by atoms with Gasteiger partial charge in [-0.1, -0.05) is 0 Å². The van der Waals surface area contributed by atoms with Crippen molar-refractivity contribution < 1.29 is 9.90 Å². The summed E-state index contributed by atoms with van der Waals surface area (Å²) in [7, 11) is 0. The quantitative estimate of drug-likeness (QED) is 0.548. The van der Waals surface area contributed by atoms with Crippen LogP contribution in [0.5, 0.6) is 0 Å². The van der Waals surface area contributed by atoms with Gasteiger partial charge in [0.1, 0.15) is 19.0 Å². The van der Waals surface area contributed by atoms with E-state index in [2.05, 4.69) is 15.0 Å². The Labute approximate surface area is 57.8 Å². The van der Waals surface area contributed by atoms with E-state index < -0.39 is 5.97 Å². The zero-order valence-corrected chi connectivity index (χ0v) is 5.43. The van der Waals surface area contributed by atoms with E-state index in [1.165, 1.54) is 19.0 Å². The molecule has 1 rings (SSSR count). The zero-order chi connectivity index (χ0) is 7.82. The molecule has 0 aliphatic rings. The number of hydrogen-bond donors (Lipinski definition) is 1. The Hall–Kier alpha value is -1.52. The van der Waals surface area contributed by atoms with Gasteiger partial charge in [-0.3, -0.25) is 4.79 Å². The average Bonchev–Trinajstić information content (AvgIpc) is 1.90. The van der Waals surface area contributed by atoms with Crippen molar-refractivity contribution in [3.8, 4) is 0 Å². The number of aliphatic carboxylic acids is 1. The lowest BCUT2D eigenvalue weighted by Crippen LogP contribution is -1.78. The second kappa shape index (κ2) is 5.61. The van der Waals surface area contributed by atoms with E-state index >= 15 is 0 Å². The predicted molar refractivity (Wildman–Crippen MR) is 33.1 cm³/mol. The SMILES string of the molecule is CC(=O)O.c1ncncn1. The predicted octanol–water partition coefficient (Wildman–Crippen LogP) is -0.0375. The van der Waals surface area contributed by atoms with Gasteiger partial charge in [-0.25, -0.2) is 15.0 Å². The van der Waals surface area contributed by atoms with Crippen LogP contribution in [0.4, 0.5) is 0 Å². The number of carbonyl (C=O) groups is 1. The average molecular weight is 141 g/mol. The summed E-state index contributed by atoms with van der Waals surface area (Å²) in [6, 6.07) is 0. The lowest BCUT2D eigenvalue weighted by molar-refractivity contribution is -0.134. The summed E-state index contributed by atoms with van der Waals surface area (Å²) in [6.07, 6.45) is 4.31. The molecule has 0 amide bonds. The van der Waals surface area contributed by atoms with Gasteiger partial charge in [0.15, 0.2) is 0 Å². The second-order valence-corrected chi connectivity index (χ2v) is 1.31. The fraction of sp³-hybridized carbons (Fsp3) is 0.200. The highest BCUT2D eigenvalue weighted by molar-refractivity contribution is 5.62. The molecule has 0 saturated carbocycles. The van der Waals surface area contributed by atoms with Crippen molar-refractivity contribution in [3.63, 3.8) is 0 Å². The normalized spacial score (nSPS) is 7.30. The van der Waals surface area contributed by atoms with E-state index in [4.69, 9.17) is 9.90 Å². The van der Waals surface area contributed by atoms with Crippen molar-refractivity contribution in [2.45, 2.75) is 6.92 Å². The Morgan fingerprint density at radius 2 is 1.40 bits per heavy atom. The Morgan fingerprint density at radius 3 is 1.50 bits per heavy atom. The molecule has 0 bridgehead atoms. The fourth-order valence-electron chi connectivity index (χ4n) is 0.205. The maximum absolute atomic E-state index is 9.00. The van der Waals surface area contributed by atoms with Crippen LogP contribution in [0.3, 0.4) is 0 Å². The smallest absolute Gasteiger partial charge is 0.300 e. The summed E-state index contributed by atoms with van der Waals surface area (Å²) >= 11 is 0. The molecule has 0 saturated heterocycles. The number of rotatable bonds is 0. The summed E-state index contributed by atoms with van der Waals surface area (Å²) in [4.78, 5) is 19.7. The monoisotopic (exact) mass is 141 g/mol. The molecular weight excluding hydrogens is 134 g/mol. The van der Waals surface area contributed by atoms with E-state index in [9.17, 15) is 0 Å². The number of carboxylic acids is 1. The van der Waals surface area contributed by atoms with E-state index in [0.717, 1.165) is 6.92 Å². The summed E-state index contributed by atoms with van der Waals surface area (Å²) in [5.41, 5.74) is 0. The number of carboxylic acid groups (broad SMARTS) is 1. The van der Waals surface area contributed by atoms with E-state index in [-0.39, 0.29) is 0 Å². The number of hydrogen-bond acceptors (Lipinski definition) is 4. The van der Waals surface area contributed by atoms with Gasteiger partial charge in [0, 0.05) is 6.92 Å². The van der Waals surface area contributed by atoms with Crippen LogP contribution in [0.2, 0.25) is 0 Å². The van der Waals surface area contributed by atoms with Crippen molar-refractivity contribution in [2.75, 3.05) is 0 Å². The molecule has 1 heterocycles. The van der Waals surface area contributed by atoms with Crippen LogP contribution in [0, 0.1) is 0 Å². The summed E-state index contributed by atoms with van der Waals surface area (Å²) in [5, 5.41) is 7.42. The molecule has 10 heavy (non-hydrogen) atoms. The van der Waals surface area contributed by atoms with Gasteiger partial charge in [-0.2, -0.15) is 0 Å². The molecular formula is C5H7N3O2. The molecule has 5 nitrogen and oxygen atoms in total. The standard InChI is InChI=1S/C3H3N3.C2H4O2/c1-4-2-6-3-5-1;1-2(3)4/h1-3H;1H3,(H,3,4). The first kappa shape index (κ1) is 8.48. The lowest BCUT2D eigenvalue weighted by Gasteiger charge is -1.69. The second-order valence-electron chi connectivity index (χ2n) is 1.31. The molecule has 1 aromatic heterocycles. The Balaban J connectivity index is 0.000000180. The van der Waals surface area contributed by atoms with Crippen LogP contribution >= 0.6 is 0 Å². The van der Waals surface area contributed by atoms with E-state index in [1.54, 1.807) is 0 Å². The van der Waals surface area contributed by atoms with Gasteiger partial charge >= 0.3 is 0 Å². The van der Waals surface area contributed by atoms with Crippen LogP contribution in [-0.2, 0) is 4.79 Å². The maximum Gasteiger partial charge on any atom is 0.300 e. The molecule has 54 valence electrons. The molecule has 0 aliphatic carbocycles. The molecule has 0 unspecified atom stereocenters. The van der Waals surface area contributed by atoms with Gasteiger partial charge in [-0.05, 0) is 0 Å².